The van der Waals surface area contributed by atoms with Crippen molar-refractivity contribution in [1.29, 1.82) is 0 Å². The number of aromatic nitrogens is 1. The highest BCUT2D eigenvalue weighted by atomic mass is 32.1. The predicted octanol–water partition coefficient (Wildman–Crippen LogP) is 1.55. The number of hydrogen-bond donors (Lipinski definition) is 1. The van der Waals surface area contributed by atoms with E-state index in [4.69, 9.17) is 0 Å². The van der Waals surface area contributed by atoms with Gasteiger partial charge in [-0.3, -0.25) is 14.6 Å². The van der Waals surface area contributed by atoms with Crippen LogP contribution in [0.15, 0.2) is 11.7 Å². The normalized spacial score (nSPS) is 24.8. The van der Waals surface area contributed by atoms with E-state index in [0.717, 1.165) is 17.7 Å². The third kappa shape index (κ3) is 2.85. The molecule has 1 unspecified atom stereocenters. The SMILES string of the molecule is O=C1CN(Cc2cncs2)C(=O)C(C2CCCCC2)N1. The molecule has 5 nitrogen and oxygen atoms in total. The summed E-state index contributed by atoms with van der Waals surface area (Å²) in [6, 6.07) is -0.315. The van der Waals surface area contributed by atoms with Gasteiger partial charge < -0.3 is 10.2 Å². The molecule has 0 spiro atoms. The Kier molecular flexibility index (Phi) is 4.00. The average molecular weight is 293 g/mol. The molecule has 2 amide bonds. The van der Waals surface area contributed by atoms with Gasteiger partial charge in [-0.1, -0.05) is 19.3 Å². The van der Waals surface area contributed by atoms with Gasteiger partial charge in [0.05, 0.1) is 18.6 Å². The number of nitrogens with zero attached hydrogens (tertiary/aromatic N) is 2. The third-order valence-corrected chi connectivity index (χ3v) is 4.94. The van der Waals surface area contributed by atoms with Gasteiger partial charge in [0.2, 0.25) is 11.8 Å². The second-order valence-electron chi connectivity index (χ2n) is 5.61. The summed E-state index contributed by atoms with van der Waals surface area (Å²) < 4.78 is 0. The fraction of sp³-hybridized carbons (Fsp3) is 0.643. The first-order chi connectivity index (χ1) is 9.74. The maximum absolute atomic E-state index is 12.6. The lowest BCUT2D eigenvalue weighted by Gasteiger charge is -2.37. The van der Waals surface area contributed by atoms with Gasteiger partial charge in [0.15, 0.2) is 0 Å². The number of rotatable bonds is 3. The molecular weight excluding hydrogens is 274 g/mol. The van der Waals surface area contributed by atoms with E-state index >= 15 is 0 Å². The standard InChI is InChI=1S/C14H19N3O2S/c18-12-8-17(7-11-6-15-9-20-11)14(19)13(16-12)10-4-2-1-3-5-10/h6,9-10,13H,1-5,7-8H2,(H,16,18). The molecule has 1 aliphatic heterocycles. The van der Waals surface area contributed by atoms with Gasteiger partial charge in [0, 0.05) is 11.1 Å². The highest BCUT2D eigenvalue weighted by molar-refractivity contribution is 7.09. The van der Waals surface area contributed by atoms with E-state index in [9.17, 15) is 9.59 Å². The smallest absolute Gasteiger partial charge is 0.246 e. The van der Waals surface area contributed by atoms with Crippen molar-refractivity contribution in [2.45, 2.75) is 44.7 Å². The Morgan fingerprint density at radius 2 is 2.10 bits per heavy atom. The monoisotopic (exact) mass is 293 g/mol. The molecule has 0 bridgehead atoms. The molecule has 1 N–H and O–H groups in total. The summed E-state index contributed by atoms with van der Waals surface area (Å²) in [6.07, 6.45) is 7.44. The molecule has 0 aromatic carbocycles. The second kappa shape index (κ2) is 5.91. The number of carbonyl (C=O) groups excluding carboxylic acids is 2. The Morgan fingerprint density at radius 3 is 2.80 bits per heavy atom. The Morgan fingerprint density at radius 1 is 1.30 bits per heavy atom. The quantitative estimate of drug-likeness (QED) is 0.919. The van der Waals surface area contributed by atoms with Crippen LogP contribution in [0.2, 0.25) is 0 Å². The van der Waals surface area contributed by atoms with Gasteiger partial charge in [-0.15, -0.1) is 11.3 Å². The largest absolute Gasteiger partial charge is 0.342 e. The minimum absolute atomic E-state index is 0.0373. The van der Waals surface area contributed by atoms with Crippen LogP contribution in [0.25, 0.3) is 0 Å². The van der Waals surface area contributed by atoms with Crippen molar-refractivity contribution in [1.82, 2.24) is 15.2 Å². The number of carbonyl (C=O) groups is 2. The summed E-state index contributed by atoms with van der Waals surface area (Å²) in [5.74, 6) is 0.346. The van der Waals surface area contributed by atoms with Crippen molar-refractivity contribution >= 4 is 23.2 Å². The molecule has 0 radical (unpaired) electrons. The summed E-state index contributed by atoms with van der Waals surface area (Å²) in [7, 11) is 0. The van der Waals surface area contributed by atoms with Crippen molar-refractivity contribution in [3.05, 3.63) is 16.6 Å². The van der Waals surface area contributed by atoms with E-state index in [1.165, 1.54) is 30.6 Å². The molecular formula is C14H19N3O2S. The maximum atomic E-state index is 12.6. The first-order valence-corrected chi connectivity index (χ1v) is 8.07. The summed E-state index contributed by atoms with van der Waals surface area (Å²) in [5.41, 5.74) is 1.75. The van der Waals surface area contributed by atoms with Crippen LogP contribution < -0.4 is 5.32 Å². The Hall–Kier alpha value is -1.43. The van der Waals surface area contributed by atoms with Gasteiger partial charge in [-0.05, 0) is 18.8 Å². The lowest BCUT2D eigenvalue weighted by molar-refractivity contribution is -0.146. The molecule has 2 aliphatic rings. The molecule has 1 aliphatic carbocycles. The van der Waals surface area contributed by atoms with E-state index in [1.807, 2.05) is 0 Å². The molecule has 3 rings (SSSR count). The van der Waals surface area contributed by atoms with Gasteiger partial charge in [0.1, 0.15) is 6.04 Å². The molecule has 1 atom stereocenters. The summed E-state index contributed by atoms with van der Waals surface area (Å²) in [6.45, 7) is 0.667. The predicted molar refractivity (Wildman–Crippen MR) is 76.0 cm³/mol. The fourth-order valence-corrected chi connectivity index (χ4v) is 3.77. The summed E-state index contributed by atoms with van der Waals surface area (Å²) in [5, 5.41) is 2.90. The lowest BCUT2D eigenvalue weighted by atomic mass is 9.82. The molecule has 6 heteroatoms. The molecule has 1 saturated carbocycles. The number of hydrogen-bond acceptors (Lipinski definition) is 4. The van der Waals surface area contributed by atoms with Gasteiger partial charge >= 0.3 is 0 Å². The number of thiazole rings is 1. The van der Waals surface area contributed by atoms with E-state index in [2.05, 4.69) is 10.3 Å². The van der Waals surface area contributed by atoms with Crippen molar-refractivity contribution in [3.63, 3.8) is 0 Å². The minimum Gasteiger partial charge on any atom is -0.342 e. The van der Waals surface area contributed by atoms with Crippen molar-refractivity contribution in [2.24, 2.45) is 5.92 Å². The van der Waals surface area contributed by atoms with Gasteiger partial charge in [-0.25, -0.2) is 0 Å². The van der Waals surface area contributed by atoms with E-state index in [1.54, 1.807) is 16.6 Å². The van der Waals surface area contributed by atoms with Crippen LogP contribution in [0.5, 0.6) is 0 Å². The molecule has 20 heavy (non-hydrogen) atoms. The molecule has 1 aromatic heterocycles. The second-order valence-corrected chi connectivity index (χ2v) is 6.58. The highest BCUT2D eigenvalue weighted by Gasteiger charge is 2.38. The molecule has 1 aromatic rings. The van der Waals surface area contributed by atoms with Crippen molar-refractivity contribution in [3.8, 4) is 0 Å². The Bertz CT molecular complexity index is 483. The first-order valence-electron chi connectivity index (χ1n) is 7.19. The molecule has 1 saturated heterocycles. The third-order valence-electron chi connectivity index (χ3n) is 4.18. The summed E-state index contributed by atoms with van der Waals surface area (Å²) in [4.78, 5) is 31.2. The lowest BCUT2D eigenvalue weighted by Crippen LogP contribution is -2.60. The Balaban J connectivity index is 1.71. The van der Waals surface area contributed by atoms with Crippen LogP contribution in [0.4, 0.5) is 0 Å². The zero-order valence-electron chi connectivity index (χ0n) is 11.4. The Labute approximate surface area is 122 Å². The number of piperazine rings is 1. The zero-order valence-corrected chi connectivity index (χ0v) is 12.2. The zero-order chi connectivity index (χ0) is 13.9. The van der Waals surface area contributed by atoms with Crippen LogP contribution in [0.1, 0.15) is 37.0 Å². The topological polar surface area (TPSA) is 62.3 Å². The molecule has 2 fully saturated rings. The van der Waals surface area contributed by atoms with Gasteiger partial charge in [0.25, 0.3) is 0 Å². The average Bonchev–Trinajstić information content (AvgIpc) is 2.96. The van der Waals surface area contributed by atoms with E-state index in [-0.39, 0.29) is 24.4 Å². The van der Waals surface area contributed by atoms with Crippen LogP contribution in [-0.2, 0) is 16.1 Å². The first kappa shape index (κ1) is 13.5. The van der Waals surface area contributed by atoms with E-state index < -0.39 is 0 Å². The maximum Gasteiger partial charge on any atom is 0.246 e. The fourth-order valence-electron chi connectivity index (χ4n) is 3.16. The number of nitrogens with one attached hydrogen (secondary N) is 1. The van der Waals surface area contributed by atoms with Crippen LogP contribution in [0, 0.1) is 5.92 Å². The van der Waals surface area contributed by atoms with Crippen molar-refractivity contribution in [2.75, 3.05) is 6.54 Å². The number of amides is 2. The van der Waals surface area contributed by atoms with Crippen LogP contribution >= 0.6 is 11.3 Å². The molecule has 2 heterocycles. The highest BCUT2D eigenvalue weighted by Crippen LogP contribution is 2.28. The minimum atomic E-state index is -0.315. The molecule has 108 valence electrons. The van der Waals surface area contributed by atoms with Crippen LogP contribution in [-0.4, -0.2) is 34.3 Å². The van der Waals surface area contributed by atoms with Crippen LogP contribution in [0.3, 0.4) is 0 Å². The van der Waals surface area contributed by atoms with Gasteiger partial charge in [-0.2, -0.15) is 0 Å². The van der Waals surface area contributed by atoms with E-state index in [0.29, 0.717) is 12.5 Å². The summed E-state index contributed by atoms with van der Waals surface area (Å²) >= 11 is 1.52. The van der Waals surface area contributed by atoms with Crippen molar-refractivity contribution < 1.29 is 9.59 Å².